The summed E-state index contributed by atoms with van der Waals surface area (Å²) in [6.07, 6.45) is 0.438. The number of aliphatic hydroxyl groups is 1. The Hall–Kier alpha value is -2.73. The van der Waals surface area contributed by atoms with E-state index in [1.54, 1.807) is 0 Å². The Morgan fingerprint density at radius 2 is 1.58 bits per heavy atom. The molecule has 2 heterocycles. The number of amides is 4. The van der Waals surface area contributed by atoms with E-state index < -0.39 is 59.9 Å². The van der Waals surface area contributed by atoms with Crippen LogP contribution in [0.25, 0.3) is 0 Å². The van der Waals surface area contributed by atoms with Crippen molar-refractivity contribution >= 4 is 29.6 Å². The predicted molar refractivity (Wildman–Crippen MR) is 107 cm³/mol. The van der Waals surface area contributed by atoms with Crippen LogP contribution >= 0.6 is 0 Å². The summed E-state index contributed by atoms with van der Waals surface area (Å²) in [6.45, 7) is 1.84. The van der Waals surface area contributed by atoms with Crippen molar-refractivity contribution in [2.24, 2.45) is 11.5 Å². The summed E-state index contributed by atoms with van der Waals surface area (Å²) in [7, 11) is 0. The molecule has 0 aromatic rings. The van der Waals surface area contributed by atoms with E-state index in [9.17, 15) is 34.2 Å². The van der Waals surface area contributed by atoms with E-state index >= 15 is 0 Å². The fraction of sp³-hybridized carbons (Fsp3) is 0.737. The number of aliphatic carboxylic acids is 1. The molecule has 7 N–H and O–H groups in total. The highest BCUT2D eigenvalue weighted by molar-refractivity contribution is 5.95. The number of rotatable bonds is 9. The molecule has 12 heteroatoms. The molecule has 2 aliphatic rings. The Kier molecular flexibility index (Phi) is 8.34. The summed E-state index contributed by atoms with van der Waals surface area (Å²) in [4.78, 5) is 63.2. The second-order valence-corrected chi connectivity index (χ2v) is 8.06. The lowest BCUT2D eigenvalue weighted by molar-refractivity contribution is -0.151. The average molecular weight is 441 g/mol. The van der Waals surface area contributed by atoms with Gasteiger partial charge in [0.05, 0.1) is 12.1 Å². The summed E-state index contributed by atoms with van der Waals surface area (Å²) in [6, 6.07) is -4.21. The third-order valence-corrected chi connectivity index (χ3v) is 5.72. The zero-order valence-corrected chi connectivity index (χ0v) is 17.5. The number of primary amides is 1. The van der Waals surface area contributed by atoms with Gasteiger partial charge in [0.15, 0.2) is 0 Å². The van der Waals surface area contributed by atoms with E-state index in [0.29, 0.717) is 32.2 Å². The monoisotopic (exact) mass is 441 g/mol. The van der Waals surface area contributed by atoms with Crippen molar-refractivity contribution in [1.29, 1.82) is 0 Å². The van der Waals surface area contributed by atoms with Gasteiger partial charge in [0.25, 0.3) is 0 Å². The van der Waals surface area contributed by atoms with E-state index in [-0.39, 0.29) is 19.4 Å². The predicted octanol–water partition coefficient (Wildman–Crippen LogP) is -2.49. The Balaban J connectivity index is 2.07. The summed E-state index contributed by atoms with van der Waals surface area (Å²) >= 11 is 0. The number of nitrogens with two attached hydrogens (primary N) is 2. The van der Waals surface area contributed by atoms with Gasteiger partial charge in [0.2, 0.25) is 23.6 Å². The van der Waals surface area contributed by atoms with Crippen LogP contribution in [0.2, 0.25) is 0 Å². The van der Waals surface area contributed by atoms with Gasteiger partial charge in [-0.3, -0.25) is 19.2 Å². The van der Waals surface area contributed by atoms with E-state index in [0.717, 1.165) is 4.90 Å². The topological polar surface area (TPSA) is 196 Å². The van der Waals surface area contributed by atoms with Crippen LogP contribution < -0.4 is 16.8 Å². The first-order valence-corrected chi connectivity index (χ1v) is 10.4. The lowest BCUT2D eigenvalue weighted by Crippen LogP contribution is -2.59. The SMILES string of the molecule is CC(O)C(NC(=O)C1CCCN1C(=O)C(N)CCC(N)=O)C(=O)N1CCCC1C(=O)O. The van der Waals surface area contributed by atoms with Gasteiger partial charge >= 0.3 is 5.97 Å². The molecule has 0 aliphatic carbocycles. The second kappa shape index (κ2) is 10.5. The number of aliphatic hydroxyl groups excluding tert-OH is 1. The van der Waals surface area contributed by atoms with Gasteiger partial charge in [-0.2, -0.15) is 0 Å². The van der Waals surface area contributed by atoms with Crippen LogP contribution in [0.5, 0.6) is 0 Å². The molecule has 12 nitrogen and oxygen atoms in total. The van der Waals surface area contributed by atoms with Crippen LogP contribution in [0, 0.1) is 0 Å². The number of carboxylic acid groups (broad SMARTS) is 1. The fourth-order valence-electron chi connectivity index (χ4n) is 4.04. The molecule has 0 aromatic heterocycles. The number of nitrogens with zero attached hydrogens (tertiary/aromatic N) is 2. The highest BCUT2D eigenvalue weighted by Gasteiger charge is 2.42. The van der Waals surface area contributed by atoms with Crippen molar-refractivity contribution in [2.75, 3.05) is 13.1 Å². The zero-order valence-electron chi connectivity index (χ0n) is 17.5. The van der Waals surface area contributed by atoms with Crippen molar-refractivity contribution in [3.8, 4) is 0 Å². The van der Waals surface area contributed by atoms with Crippen LogP contribution in [0.3, 0.4) is 0 Å². The molecule has 2 aliphatic heterocycles. The molecule has 0 aromatic carbocycles. The van der Waals surface area contributed by atoms with Gasteiger partial charge in [-0.05, 0) is 39.0 Å². The molecule has 2 fully saturated rings. The number of carbonyl (C=O) groups excluding carboxylic acids is 4. The maximum absolute atomic E-state index is 12.9. The minimum absolute atomic E-state index is 0.0549. The number of hydrogen-bond donors (Lipinski definition) is 5. The number of nitrogens with one attached hydrogen (secondary N) is 1. The fourth-order valence-corrected chi connectivity index (χ4v) is 4.04. The molecule has 5 unspecified atom stereocenters. The standard InChI is InChI=1S/C19H31N5O7/c1-10(25)15(18(29)24-9-3-5-13(24)19(30)31)22-16(27)12-4-2-8-23(12)17(28)11(20)6-7-14(21)26/h10-13,15,25H,2-9,20H2,1H3,(H2,21,26)(H,22,27)(H,30,31). The van der Waals surface area contributed by atoms with Crippen molar-refractivity contribution in [2.45, 2.75) is 75.7 Å². The van der Waals surface area contributed by atoms with Crippen LogP contribution in [0.1, 0.15) is 45.4 Å². The second-order valence-electron chi connectivity index (χ2n) is 8.06. The molecule has 0 spiro atoms. The third-order valence-electron chi connectivity index (χ3n) is 5.72. The minimum atomic E-state index is -1.34. The summed E-state index contributed by atoms with van der Waals surface area (Å²) in [5.74, 6) is -3.53. The Labute approximate surface area is 179 Å². The van der Waals surface area contributed by atoms with E-state index in [2.05, 4.69) is 5.32 Å². The first kappa shape index (κ1) is 24.5. The highest BCUT2D eigenvalue weighted by atomic mass is 16.4. The molecule has 0 saturated carbocycles. The lowest BCUT2D eigenvalue weighted by atomic mass is 10.1. The number of carboxylic acids is 1. The number of likely N-dealkylation sites (tertiary alicyclic amines) is 2. The van der Waals surface area contributed by atoms with Crippen LogP contribution in [0.15, 0.2) is 0 Å². The van der Waals surface area contributed by atoms with E-state index in [1.807, 2.05) is 0 Å². The zero-order chi connectivity index (χ0) is 23.3. The number of hydrogen-bond acceptors (Lipinski definition) is 7. The van der Waals surface area contributed by atoms with Crippen molar-refractivity contribution in [1.82, 2.24) is 15.1 Å². The normalized spacial score (nSPS) is 23.8. The maximum Gasteiger partial charge on any atom is 0.326 e. The van der Waals surface area contributed by atoms with Crippen LogP contribution in [-0.4, -0.2) is 93.0 Å². The first-order valence-electron chi connectivity index (χ1n) is 10.4. The van der Waals surface area contributed by atoms with Crippen molar-refractivity contribution in [3.05, 3.63) is 0 Å². The Morgan fingerprint density at radius 3 is 2.10 bits per heavy atom. The van der Waals surface area contributed by atoms with E-state index in [4.69, 9.17) is 11.5 Å². The number of carbonyl (C=O) groups is 5. The molecule has 31 heavy (non-hydrogen) atoms. The van der Waals surface area contributed by atoms with Gasteiger partial charge in [-0.15, -0.1) is 0 Å². The van der Waals surface area contributed by atoms with Crippen LogP contribution in [-0.2, 0) is 24.0 Å². The molecule has 4 amide bonds. The quantitative estimate of drug-likeness (QED) is 0.259. The van der Waals surface area contributed by atoms with Gasteiger partial charge in [0, 0.05) is 19.5 Å². The summed E-state index contributed by atoms with van der Waals surface area (Å²) in [5.41, 5.74) is 10.9. The molecule has 0 radical (unpaired) electrons. The molecule has 5 atom stereocenters. The van der Waals surface area contributed by atoms with E-state index in [1.165, 1.54) is 11.8 Å². The summed E-state index contributed by atoms with van der Waals surface area (Å²) in [5, 5.41) is 21.9. The molecular weight excluding hydrogens is 410 g/mol. The highest BCUT2D eigenvalue weighted by Crippen LogP contribution is 2.22. The van der Waals surface area contributed by atoms with Gasteiger partial charge in [-0.1, -0.05) is 0 Å². The van der Waals surface area contributed by atoms with Gasteiger partial charge in [0.1, 0.15) is 18.1 Å². The molecule has 2 rings (SSSR count). The smallest absolute Gasteiger partial charge is 0.326 e. The van der Waals surface area contributed by atoms with Gasteiger partial charge < -0.3 is 36.8 Å². The van der Waals surface area contributed by atoms with Crippen molar-refractivity contribution < 1.29 is 34.2 Å². The molecule has 174 valence electrons. The molecule has 0 bridgehead atoms. The first-order chi connectivity index (χ1) is 14.5. The molecular formula is C19H31N5O7. The minimum Gasteiger partial charge on any atom is -0.480 e. The lowest BCUT2D eigenvalue weighted by Gasteiger charge is -2.31. The van der Waals surface area contributed by atoms with Crippen molar-refractivity contribution in [3.63, 3.8) is 0 Å². The average Bonchev–Trinajstić information content (AvgIpc) is 3.38. The molecule has 2 saturated heterocycles. The van der Waals surface area contributed by atoms with Gasteiger partial charge in [-0.25, -0.2) is 4.79 Å². The largest absolute Gasteiger partial charge is 0.480 e. The Bertz CT molecular complexity index is 728. The third kappa shape index (κ3) is 5.91. The maximum atomic E-state index is 12.9. The Morgan fingerprint density at radius 1 is 1.03 bits per heavy atom. The summed E-state index contributed by atoms with van der Waals surface area (Å²) < 4.78 is 0. The van der Waals surface area contributed by atoms with Crippen LogP contribution in [0.4, 0.5) is 0 Å².